The quantitative estimate of drug-likeness (QED) is 0.295. The van der Waals surface area contributed by atoms with Crippen molar-refractivity contribution < 1.29 is 5.11 Å². The molecule has 0 fully saturated rings. The summed E-state index contributed by atoms with van der Waals surface area (Å²) < 4.78 is 1.78. The minimum atomic E-state index is -1.11. The number of aliphatic hydroxyl groups is 1. The first kappa shape index (κ1) is 22.9. The summed E-state index contributed by atoms with van der Waals surface area (Å²) in [4.78, 5) is 1.20. The molecule has 32 heavy (non-hydrogen) atoms. The van der Waals surface area contributed by atoms with Crippen molar-refractivity contribution in [2.24, 2.45) is 0 Å². The zero-order valence-electron chi connectivity index (χ0n) is 18.4. The molecular weight excluding hydrogens is 459 g/mol. The van der Waals surface area contributed by atoms with E-state index in [4.69, 9.17) is 28.3 Å². The fourth-order valence-electron chi connectivity index (χ4n) is 3.64. The molecule has 0 saturated heterocycles. The van der Waals surface area contributed by atoms with E-state index in [1.165, 1.54) is 4.90 Å². The van der Waals surface area contributed by atoms with Gasteiger partial charge in [0, 0.05) is 10.5 Å². The van der Waals surface area contributed by atoms with Gasteiger partial charge in [-0.25, -0.2) is 4.68 Å². The Hall–Kier alpha value is -2.24. The van der Waals surface area contributed by atoms with Crippen LogP contribution in [0.25, 0.3) is 28.1 Å². The largest absolute Gasteiger partial charge is 0.384 e. The summed E-state index contributed by atoms with van der Waals surface area (Å²) >= 11 is 15.1. The van der Waals surface area contributed by atoms with Gasteiger partial charge in [-0.05, 0) is 74.0 Å². The van der Waals surface area contributed by atoms with Crippen molar-refractivity contribution in [1.29, 1.82) is 0 Å². The summed E-state index contributed by atoms with van der Waals surface area (Å²) in [6.07, 6.45) is 2.06. The Morgan fingerprint density at radius 2 is 1.62 bits per heavy atom. The van der Waals surface area contributed by atoms with E-state index in [2.05, 4.69) is 30.5 Å². The third-order valence-electron chi connectivity index (χ3n) is 5.38. The number of hydrogen-bond acceptors (Lipinski definition) is 3. The predicted molar refractivity (Wildman–Crippen MR) is 136 cm³/mol. The Morgan fingerprint density at radius 3 is 2.28 bits per heavy atom. The maximum atomic E-state index is 10.6. The van der Waals surface area contributed by atoms with E-state index in [0.29, 0.717) is 15.7 Å². The average Bonchev–Trinajstić information content (AvgIpc) is 3.19. The number of para-hydroxylation sites is 1. The first-order valence-corrected chi connectivity index (χ1v) is 12.2. The van der Waals surface area contributed by atoms with E-state index >= 15 is 0 Å². The van der Waals surface area contributed by atoms with E-state index in [0.717, 1.165) is 33.6 Å². The van der Waals surface area contributed by atoms with Crippen LogP contribution in [0.15, 0.2) is 71.6 Å². The summed E-state index contributed by atoms with van der Waals surface area (Å²) in [5, 5.41) is 16.5. The van der Waals surface area contributed by atoms with Crippen LogP contribution in [0.1, 0.15) is 25.1 Å². The maximum Gasteiger partial charge on any atom is 0.103 e. The Labute approximate surface area is 203 Å². The number of nitrogens with zero attached hydrogens (tertiary/aromatic N) is 2. The standard InChI is InChI=1S/C26H24Cl2N2OS/c1-16-7-5-10-21(27)25(16)30-23(15-24(29-30)26(2,3)31)20-12-11-18(14-22(20)28)17-8-6-9-19(13-17)32-4/h5-15,31H,1-4H3. The van der Waals surface area contributed by atoms with Crippen LogP contribution in [0.4, 0.5) is 0 Å². The monoisotopic (exact) mass is 482 g/mol. The Bertz CT molecular complexity index is 1270. The molecule has 6 heteroatoms. The van der Waals surface area contributed by atoms with Crippen LogP contribution >= 0.6 is 35.0 Å². The highest BCUT2D eigenvalue weighted by molar-refractivity contribution is 7.98. The first-order valence-electron chi connectivity index (χ1n) is 10.2. The van der Waals surface area contributed by atoms with Crippen molar-refractivity contribution >= 4 is 35.0 Å². The van der Waals surface area contributed by atoms with Gasteiger partial charge in [0.25, 0.3) is 0 Å². The highest BCUT2D eigenvalue weighted by atomic mass is 35.5. The van der Waals surface area contributed by atoms with Crippen LogP contribution < -0.4 is 0 Å². The lowest BCUT2D eigenvalue weighted by Crippen LogP contribution is -2.16. The third kappa shape index (κ3) is 4.46. The van der Waals surface area contributed by atoms with Gasteiger partial charge in [0.15, 0.2) is 0 Å². The summed E-state index contributed by atoms with van der Waals surface area (Å²) in [6, 6.07) is 22.0. The summed E-state index contributed by atoms with van der Waals surface area (Å²) in [6.45, 7) is 5.42. The number of thioether (sulfide) groups is 1. The lowest BCUT2D eigenvalue weighted by Gasteiger charge is -2.15. The van der Waals surface area contributed by atoms with Crippen LogP contribution in [-0.2, 0) is 5.60 Å². The van der Waals surface area contributed by atoms with Crippen molar-refractivity contribution in [1.82, 2.24) is 9.78 Å². The van der Waals surface area contributed by atoms with E-state index in [1.807, 2.05) is 49.4 Å². The second kappa shape index (κ2) is 8.95. The summed E-state index contributed by atoms with van der Waals surface area (Å²) in [5.41, 5.74) is 4.92. The average molecular weight is 483 g/mol. The third-order valence-corrected chi connectivity index (χ3v) is 6.73. The van der Waals surface area contributed by atoms with Crippen LogP contribution in [0, 0.1) is 6.92 Å². The van der Waals surface area contributed by atoms with Gasteiger partial charge in [0.05, 0.1) is 27.1 Å². The second-order valence-corrected chi connectivity index (χ2v) is 9.91. The topological polar surface area (TPSA) is 38.1 Å². The molecule has 0 unspecified atom stereocenters. The molecule has 0 saturated carbocycles. The molecule has 4 rings (SSSR count). The second-order valence-electron chi connectivity index (χ2n) is 8.22. The smallest absolute Gasteiger partial charge is 0.103 e. The molecule has 1 heterocycles. The molecule has 0 aliphatic rings. The number of aromatic nitrogens is 2. The van der Waals surface area contributed by atoms with E-state index < -0.39 is 5.60 Å². The fraction of sp³-hybridized carbons (Fsp3) is 0.192. The Kier molecular flexibility index (Phi) is 6.42. The van der Waals surface area contributed by atoms with Gasteiger partial charge in [0.2, 0.25) is 0 Å². The van der Waals surface area contributed by atoms with Gasteiger partial charge in [0.1, 0.15) is 5.60 Å². The lowest BCUT2D eigenvalue weighted by atomic mass is 10.0. The van der Waals surface area contributed by atoms with Gasteiger partial charge >= 0.3 is 0 Å². The molecule has 0 aliphatic heterocycles. The number of aryl methyl sites for hydroxylation is 1. The van der Waals surface area contributed by atoms with Crippen LogP contribution in [-0.4, -0.2) is 21.1 Å². The Morgan fingerprint density at radius 1 is 0.906 bits per heavy atom. The van der Waals surface area contributed by atoms with Crippen molar-refractivity contribution in [3.05, 3.63) is 88.0 Å². The van der Waals surface area contributed by atoms with Gasteiger partial charge in [-0.1, -0.05) is 59.6 Å². The van der Waals surface area contributed by atoms with Crippen LogP contribution in [0.3, 0.4) is 0 Å². The molecule has 3 nitrogen and oxygen atoms in total. The van der Waals surface area contributed by atoms with Crippen molar-refractivity contribution in [3.63, 3.8) is 0 Å². The molecule has 0 bridgehead atoms. The molecule has 0 atom stereocenters. The van der Waals surface area contributed by atoms with Crippen LogP contribution in [0.2, 0.25) is 10.0 Å². The molecule has 0 aliphatic carbocycles. The van der Waals surface area contributed by atoms with Crippen molar-refractivity contribution in [3.8, 4) is 28.1 Å². The molecule has 164 valence electrons. The number of halogens is 2. The van der Waals surface area contributed by atoms with Crippen molar-refractivity contribution in [2.45, 2.75) is 31.3 Å². The van der Waals surface area contributed by atoms with E-state index in [1.54, 1.807) is 30.3 Å². The zero-order valence-corrected chi connectivity index (χ0v) is 20.7. The lowest BCUT2D eigenvalue weighted by molar-refractivity contribution is 0.0734. The van der Waals surface area contributed by atoms with E-state index in [-0.39, 0.29) is 0 Å². The molecule has 0 amide bonds. The minimum absolute atomic E-state index is 0.541. The minimum Gasteiger partial charge on any atom is -0.384 e. The molecule has 3 aromatic carbocycles. The Balaban J connectivity index is 1.89. The van der Waals surface area contributed by atoms with Crippen molar-refractivity contribution in [2.75, 3.05) is 6.26 Å². The highest BCUT2D eigenvalue weighted by Gasteiger charge is 2.25. The highest BCUT2D eigenvalue weighted by Crippen LogP contribution is 2.37. The molecule has 0 radical (unpaired) electrons. The zero-order chi connectivity index (χ0) is 23.0. The maximum absolute atomic E-state index is 10.6. The number of benzene rings is 3. The van der Waals surface area contributed by atoms with Gasteiger partial charge in [-0.2, -0.15) is 5.10 Å². The van der Waals surface area contributed by atoms with Gasteiger partial charge < -0.3 is 5.11 Å². The molecule has 1 N–H and O–H groups in total. The molecule has 1 aromatic heterocycles. The normalized spacial score (nSPS) is 11.7. The summed E-state index contributed by atoms with van der Waals surface area (Å²) in [5.74, 6) is 0. The van der Waals surface area contributed by atoms with Gasteiger partial charge in [-0.15, -0.1) is 11.8 Å². The predicted octanol–water partition coefficient (Wildman–Crippen LogP) is 7.77. The van der Waals surface area contributed by atoms with Gasteiger partial charge in [-0.3, -0.25) is 0 Å². The van der Waals surface area contributed by atoms with Crippen LogP contribution in [0.5, 0.6) is 0 Å². The molecular formula is C26H24Cl2N2OS. The summed E-state index contributed by atoms with van der Waals surface area (Å²) in [7, 11) is 0. The SMILES string of the molecule is CSc1cccc(-c2ccc(-c3cc(C(C)(C)O)nn3-c3c(C)cccc3Cl)c(Cl)c2)c1. The number of hydrogen-bond donors (Lipinski definition) is 1. The van der Waals surface area contributed by atoms with E-state index in [9.17, 15) is 5.11 Å². The number of rotatable bonds is 5. The molecule has 0 spiro atoms. The molecule has 4 aromatic rings. The first-order chi connectivity index (χ1) is 15.2. The fourth-order valence-corrected chi connectivity index (χ4v) is 4.68.